The quantitative estimate of drug-likeness (QED) is 0.253. The number of nitrogens with one attached hydrogen (secondary N) is 1. The van der Waals surface area contributed by atoms with Crippen LogP contribution in [0, 0.1) is 6.92 Å². The zero-order valence-electron chi connectivity index (χ0n) is 23.4. The summed E-state index contributed by atoms with van der Waals surface area (Å²) in [5.74, 6) is -0.940. The average molecular weight is 639 g/mol. The number of aryl methyl sites for hydroxylation is 1. The summed E-state index contributed by atoms with van der Waals surface area (Å²) in [4.78, 5) is 29.2. The molecule has 11 heteroatoms. The van der Waals surface area contributed by atoms with Gasteiger partial charge in [-0.15, -0.1) is 0 Å². The number of carbonyl (C=O) groups is 2. The molecule has 0 heterocycles. The Morgan fingerprint density at radius 2 is 1.63 bits per heavy atom. The molecule has 0 aliphatic heterocycles. The van der Waals surface area contributed by atoms with Gasteiger partial charge in [-0.3, -0.25) is 13.9 Å². The molecule has 0 aliphatic rings. The molecule has 0 bridgehead atoms. The van der Waals surface area contributed by atoms with Crippen LogP contribution in [0.15, 0.2) is 66.7 Å². The molecular weight excluding hydrogens is 605 g/mol. The summed E-state index contributed by atoms with van der Waals surface area (Å²) in [5.41, 5.74) is 2.40. The lowest BCUT2D eigenvalue weighted by Crippen LogP contribution is -2.54. The molecule has 7 nitrogen and oxygen atoms in total. The van der Waals surface area contributed by atoms with Gasteiger partial charge in [0.15, 0.2) is 0 Å². The molecule has 3 aromatic rings. The highest BCUT2D eigenvalue weighted by atomic mass is 35.5. The van der Waals surface area contributed by atoms with E-state index >= 15 is 0 Å². The highest BCUT2D eigenvalue weighted by Gasteiger charge is 2.34. The summed E-state index contributed by atoms with van der Waals surface area (Å²) in [6.45, 7) is 5.03. The van der Waals surface area contributed by atoms with E-state index in [1.807, 2.05) is 44.2 Å². The van der Waals surface area contributed by atoms with E-state index in [2.05, 4.69) is 5.32 Å². The van der Waals surface area contributed by atoms with E-state index in [0.29, 0.717) is 27.1 Å². The first-order valence-electron chi connectivity index (χ1n) is 13.1. The first-order valence-corrected chi connectivity index (χ1v) is 16.1. The Morgan fingerprint density at radius 3 is 2.22 bits per heavy atom. The van der Waals surface area contributed by atoms with Crippen molar-refractivity contribution in [1.82, 2.24) is 10.2 Å². The Labute approximate surface area is 257 Å². The predicted octanol–water partition coefficient (Wildman–Crippen LogP) is 6.28. The van der Waals surface area contributed by atoms with Gasteiger partial charge in [-0.05, 0) is 61.2 Å². The van der Waals surface area contributed by atoms with Crippen LogP contribution < -0.4 is 9.62 Å². The number of nitrogens with zero attached hydrogens (tertiary/aromatic N) is 2. The third-order valence-corrected chi connectivity index (χ3v) is 8.89. The molecule has 2 atom stereocenters. The molecule has 0 aliphatic carbocycles. The van der Waals surface area contributed by atoms with Crippen molar-refractivity contribution in [3.63, 3.8) is 0 Å². The molecule has 41 heavy (non-hydrogen) atoms. The summed E-state index contributed by atoms with van der Waals surface area (Å²) in [6, 6.07) is 17.9. The van der Waals surface area contributed by atoms with Crippen LogP contribution in [0.4, 0.5) is 5.69 Å². The van der Waals surface area contributed by atoms with Gasteiger partial charge in [0.2, 0.25) is 21.8 Å². The van der Waals surface area contributed by atoms with Crippen LogP contribution in [0.3, 0.4) is 0 Å². The van der Waals surface area contributed by atoms with Gasteiger partial charge in [0.1, 0.15) is 12.6 Å². The third-order valence-electron chi connectivity index (χ3n) is 6.75. The number of hydrogen-bond donors (Lipinski definition) is 1. The summed E-state index contributed by atoms with van der Waals surface area (Å²) in [5, 5.41) is 4.10. The van der Waals surface area contributed by atoms with Crippen molar-refractivity contribution in [3.05, 3.63) is 98.5 Å². The van der Waals surface area contributed by atoms with E-state index in [9.17, 15) is 18.0 Å². The van der Waals surface area contributed by atoms with E-state index in [0.717, 1.165) is 21.7 Å². The number of halogens is 3. The van der Waals surface area contributed by atoms with Crippen molar-refractivity contribution in [1.29, 1.82) is 0 Å². The summed E-state index contributed by atoms with van der Waals surface area (Å²) < 4.78 is 26.8. The van der Waals surface area contributed by atoms with Gasteiger partial charge in [-0.1, -0.05) is 84.2 Å². The highest BCUT2D eigenvalue weighted by molar-refractivity contribution is 7.92. The first-order chi connectivity index (χ1) is 19.3. The van der Waals surface area contributed by atoms with Crippen LogP contribution in [0.5, 0.6) is 0 Å². The zero-order valence-corrected chi connectivity index (χ0v) is 26.5. The van der Waals surface area contributed by atoms with Gasteiger partial charge in [-0.2, -0.15) is 0 Å². The lowest BCUT2D eigenvalue weighted by molar-refractivity contribution is -0.140. The predicted molar refractivity (Wildman–Crippen MR) is 167 cm³/mol. The molecule has 0 saturated carbocycles. The van der Waals surface area contributed by atoms with E-state index in [1.165, 1.54) is 11.0 Å². The smallest absolute Gasteiger partial charge is 0.244 e. The summed E-state index contributed by atoms with van der Waals surface area (Å²) in [6.07, 6.45) is 1.91. The van der Waals surface area contributed by atoms with Crippen LogP contribution >= 0.6 is 34.8 Å². The second-order valence-corrected chi connectivity index (χ2v) is 13.1. The van der Waals surface area contributed by atoms with Gasteiger partial charge in [0.25, 0.3) is 0 Å². The summed E-state index contributed by atoms with van der Waals surface area (Å²) in [7, 11) is -3.91. The van der Waals surface area contributed by atoms with E-state index in [-0.39, 0.29) is 30.6 Å². The lowest BCUT2D eigenvalue weighted by atomic mass is 10.0. The molecular formula is C30H34Cl3N3O4S. The van der Waals surface area contributed by atoms with Crippen molar-refractivity contribution in [2.75, 3.05) is 17.1 Å². The molecule has 0 radical (unpaired) electrons. The van der Waals surface area contributed by atoms with Crippen LogP contribution in [0.2, 0.25) is 15.1 Å². The standard InChI is InChI=1S/C30H34Cl3N3O4S/c1-5-21(3)34-30(38)28(15-22-9-7-6-8-10-22)35(18-23-12-13-24(31)16-27(23)33)29(37)19-36(41(4,39)40)25-14-11-20(2)26(32)17-25/h6-14,16-17,21,28H,5,15,18-19H2,1-4H3,(H,34,38). The molecule has 2 unspecified atom stereocenters. The second-order valence-electron chi connectivity index (χ2n) is 9.98. The minimum absolute atomic E-state index is 0.0491. The number of anilines is 1. The van der Waals surface area contributed by atoms with Crippen LogP contribution in [-0.4, -0.2) is 50.0 Å². The van der Waals surface area contributed by atoms with Gasteiger partial charge < -0.3 is 10.2 Å². The Balaban J connectivity index is 2.10. The summed E-state index contributed by atoms with van der Waals surface area (Å²) >= 11 is 18.9. The lowest BCUT2D eigenvalue weighted by Gasteiger charge is -2.34. The average Bonchev–Trinajstić information content (AvgIpc) is 2.91. The van der Waals surface area contributed by atoms with Crippen molar-refractivity contribution in [2.45, 2.75) is 52.2 Å². The monoisotopic (exact) mass is 637 g/mol. The normalized spacial score (nSPS) is 12.9. The van der Waals surface area contributed by atoms with Gasteiger partial charge in [-0.25, -0.2) is 8.42 Å². The molecule has 3 aromatic carbocycles. The maximum Gasteiger partial charge on any atom is 0.244 e. The van der Waals surface area contributed by atoms with Crippen molar-refractivity contribution in [3.8, 4) is 0 Å². The fraction of sp³-hybridized carbons (Fsp3) is 0.333. The molecule has 2 amide bonds. The van der Waals surface area contributed by atoms with Crippen LogP contribution in [-0.2, 0) is 32.6 Å². The van der Waals surface area contributed by atoms with Crippen molar-refractivity contribution < 1.29 is 18.0 Å². The van der Waals surface area contributed by atoms with Crippen molar-refractivity contribution >= 4 is 62.3 Å². The van der Waals surface area contributed by atoms with Crippen LogP contribution in [0.1, 0.15) is 37.0 Å². The first kappa shape index (κ1) is 32.7. The number of rotatable bonds is 12. The topological polar surface area (TPSA) is 86.8 Å². The molecule has 0 saturated heterocycles. The minimum Gasteiger partial charge on any atom is -0.352 e. The number of benzene rings is 3. The fourth-order valence-electron chi connectivity index (χ4n) is 4.18. The van der Waals surface area contributed by atoms with Gasteiger partial charge in [0.05, 0.1) is 11.9 Å². The Hall–Kier alpha value is -2.78. The fourth-order valence-corrected chi connectivity index (χ4v) is 5.66. The van der Waals surface area contributed by atoms with Crippen molar-refractivity contribution in [2.24, 2.45) is 0 Å². The molecule has 1 N–H and O–H groups in total. The highest BCUT2D eigenvalue weighted by Crippen LogP contribution is 2.27. The van der Waals surface area contributed by atoms with Gasteiger partial charge in [0, 0.05) is 34.1 Å². The maximum absolute atomic E-state index is 14.1. The molecule has 3 rings (SSSR count). The number of hydrogen-bond acceptors (Lipinski definition) is 4. The maximum atomic E-state index is 14.1. The minimum atomic E-state index is -3.91. The number of amides is 2. The Bertz CT molecular complexity index is 1490. The molecule has 0 spiro atoms. The van der Waals surface area contributed by atoms with E-state index in [1.54, 1.807) is 37.3 Å². The molecule has 220 valence electrons. The SMILES string of the molecule is CCC(C)NC(=O)C(Cc1ccccc1)N(Cc1ccc(Cl)cc1Cl)C(=O)CN(c1ccc(C)c(Cl)c1)S(C)(=O)=O. The van der Waals surface area contributed by atoms with Crippen LogP contribution in [0.25, 0.3) is 0 Å². The number of carbonyl (C=O) groups excluding carboxylic acids is 2. The van der Waals surface area contributed by atoms with Gasteiger partial charge >= 0.3 is 0 Å². The second kappa shape index (κ2) is 14.4. The zero-order chi connectivity index (χ0) is 30.3. The molecule has 0 fully saturated rings. The molecule has 0 aromatic heterocycles. The third kappa shape index (κ3) is 9.10. The van der Waals surface area contributed by atoms with E-state index < -0.39 is 28.5 Å². The number of sulfonamides is 1. The Kier molecular flexibility index (Phi) is 11.5. The van der Waals surface area contributed by atoms with E-state index in [4.69, 9.17) is 34.8 Å². The largest absolute Gasteiger partial charge is 0.352 e. The Morgan fingerprint density at radius 1 is 0.951 bits per heavy atom.